The molecule has 3 amide bonds. The smallest absolute Gasteiger partial charge is 0.410 e. The summed E-state index contributed by atoms with van der Waals surface area (Å²) in [6.45, 7) is 33.7. The number of nitrogens with zero attached hydrogens (tertiary/aromatic N) is 6. The molecule has 6 heterocycles. The summed E-state index contributed by atoms with van der Waals surface area (Å²) in [7, 11) is 1.62. The maximum absolute atomic E-state index is 12.7. The molecule has 3 atom stereocenters. The first kappa shape index (κ1) is 81.1. The number of benzene rings is 3. The van der Waals surface area contributed by atoms with Gasteiger partial charge in [0.25, 0.3) is 5.56 Å². The van der Waals surface area contributed by atoms with Gasteiger partial charge < -0.3 is 33.3 Å². The van der Waals surface area contributed by atoms with Crippen molar-refractivity contribution in [3.63, 3.8) is 0 Å². The molecule has 544 valence electrons. The van der Waals surface area contributed by atoms with Gasteiger partial charge in [0.1, 0.15) is 34.9 Å². The molecule has 6 aromatic rings. The van der Waals surface area contributed by atoms with Crippen LogP contribution in [0.15, 0.2) is 81.1 Å². The molecule has 0 spiro atoms. The zero-order valence-corrected chi connectivity index (χ0v) is 68.8. The maximum Gasteiger partial charge on any atom is 0.410 e. The van der Waals surface area contributed by atoms with E-state index in [-0.39, 0.29) is 54.4 Å². The van der Waals surface area contributed by atoms with Crippen LogP contribution in [0.4, 0.5) is 14.4 Å². The molecule has 0 aliphatic carbocycles. The predicted octanol–water partition coefficient (Wildman–Crippen LogP) is 19.3. The Hall–Kier alpha value is -5.19. The van der Waals surface area contributed by atoms with Crippen LogP contribution in [0, 0.1) is 20.8 Å². The number of hydrogen-bond donors (Lipinski definition) is 0. The fraction of sp³-hybridized carbons (Fsp3) is 0.579. The van der Waals surface area contributed by atoms with Crippen molar-refractivity contribution in [2.24, 2.45) is 7.05 Å². The third kappa shape index (κ3) is 23.7. The van der Waals surface area contributed by atoms with Gasteiger partial charge in [-0.3, -0.25) is 14.3 Å². The Morgan fingerprint density at radius 1 is 0.586 bits per heavy atom. The van der Waals surface area contributed by atoms with E-state index in [1.54, 1.807) is 23.0 Å². The predicted molar refractivity (Wildman–Crippen MR) is 409 cm³/mol. The normalized spacial score (nSPS) is 16.8. The molecule has 3 aliphatic heterocycles. The number of thiophene rings is 1. The summed E-state index contributed by atoms with van der Waals surface area (Å²) in [5.41, 5.74) is 3.17. The van der Waals surface area contributed by atoms with E-state index in [1.165, 1.54) is 88.1 Å². The van der Waals surface area contributed by atoms with Gasteiger partial charge in [-0.15, -0.1) is 11.3 Å². The summed E-state index contributed by atoms with van der Waals surface area (Å²) in [6.07, 6.45) is 15.0. The molecule has 3 fully saturated rings. The molecule has 0 unspecified atom stereocenters. The number of aryl methyl sites for hydroxylation is 4. The molecule has 0 radical (unpaired) electrons. The average Bonchev–Trinajstić information content (AvgIpc) is 1.77. The summed E-state index contributed by atoms with van der Waals surface area (Å²) in [5.74, 6) is 2.57. The van der Waals surface area contributed by atoms with Gasteiger partial charge in [0.15, 0.2) is 0 Å². The van der Waals surface area contributed by atoms with Crippen LogP contribution >= 0.6 is 62.1 Å². The molecule has 23 heteroatoms. The zero-order chi connectivity index (χ0) is 72.7. The van der Waals surface area contributed by atoms with E-state index in [0.717, 1.165) is 109 Å². The summed E-state index contributed by atoms with van der Waals surface area (Å²) in [4.78, 5) is 73.3. The van der Waals surface area contributed by atoms with Crippen LogP contribution in [0.5, 0.6) is 17.2 Å². The van der Waals surface area contributed by atoms with Crippen molar-refractivity contribution in [2.75, 3.05) is 39.3 Å². The Labute approximate surface area is 618 Å². The maximum atomic E-state index is 12.7. The number of fused-ring (bicyclic) bond motifs is 1. The Morgan fingerprint density at radius 3 is 1.46 bits per heavy atom. The van der Waals surface area contributed by atoms with Gasteiger partial charge in [0, 0.05) is 64.6 Å². The number of hydrogen-bond acceptors (Lipinski definition) is 13. The number of likely N-dealkylation sites (tertiary alicyclic amines) is 3. The van der Waals surface area contributed by atoms with Gasteiger partial charge >= 0.3 is 243 Å². The first-order valence-electron chi connectivity index (χ1n) is 35.2. The number of rotatable bonds is 19. The fourth-order valence-corrected chi connectivity index (χ4v) is 32.5. The van der Waals surface area contributed by atoms with Gasteiger partial charge in [-0.2, -0.15) is 0 Å². The number of piperidine rings is 3. The third-order valence-electron chi connectivity index (χ3n) is 17.5. The average molecular weight is 1620 g/mol. The van der Waals surface area contributed by atoms with Crippen molar-refractivity contribution < 1.29 is 42.8 Å². The van der Waals surface area contributed by atoms with Gasteiger partial charge in [0.05, 0.1) is 34.3 Å². The van der Waals surface area contributed by atoms with Gasteiger partial charge in [0.2, 0.25) is 0 Å². The topological polar surface area (TPSA) is 173 Å². The molecule has 3 aromatic heterocycles. The van der Waals surface area contributed by atoms with Gasteiger partial charge in [-0.05, 0) is 145 Å². The molecule has 0 bridgehead atoms. The number of carbonyl (C=O) groups excluding carboxylic acids is 3. The Morgan fingerprint density at radius 2 is 1.01 bits per heavy atom. The quantitative estimate of drug-likeness (QED) is 0.0555. The minimum atomic E-state index is -2.78. The summed E-state index contributed by atoms with van der Waals surface area (Å²) >= 11 is 21.5. The van der Waals surface area contributed by atoms with E-state index in [2.05, 4.69) is 60.7 Å². The SMILES string of the molecule is CCC[CH2][Sn]([CH2]CCC)([CH2]CCC)[c]1cc(Cl)cc(C)c1O[C@H]1CCCN(C(=O)OC(C)(C)C)C1.Cc1cc(Cl)cc(-c2ccnc3cc(Cn4c(=O)ccn(C)c4=O)sc23)c1O[C@H]1CCCN(C(=O)OC(C)(C)C)C1.Cc1cc(Cl)cc(Br)c1O[C@H]1CCCN(C(=O)OC(C)(C)C)C1. The Balaban J connectivity index is 0.000000217. The van der Waals surface area contributed by atoms with Crippen LogP contribution in [0.3, 0.4) is 0 Å². The van der Waals surface area contributed by atoms with Gasteiger partial charge in [-0.25, -0.2) is 14.4 Å². The number of unbranched alkanes of at least 4 members (excludes halogenated alkanes) is 3. The van der Waals surface area contributed by atoms with Crippen molar-refractivity contribution in [2.45, 2.75) is 236 Å². The van der Waals surface area contributed by atoms with Crippen molar-refractivity contribution in [3.8, 4) is 28.4 Å². The number of aromatic nitrogens is 3. The molecule has 9 rings (SSSR count). The van der Waals surface area contributed by atoms with Crippen LogP contribution in [0.25, 0.3) is 21.3 Å². The van der Waals surface area contributed by atoms with Crippen LogP contribution in [-0.2, 0) is 27.8 Å². The standard InChI is InChI=1S/C30H33ClN4O5S.C17H23BrClNO3.C17H23ClNO3.3C4H9.Sn/c1-18-13-19(31)14-23(26(18)39-20-7-6-11-34(16-20)29(38)40-30(2,3)4)22-8-10-32-24-15-21(41-27(22)24)17-35-25(36)9-12-33(5)28(35)37;1-11-8-12(19)9-14(18)15(11)22-13-6-5-7-20(10-13)16(21)23-17(2,3)4;1-12-10-13(18)7-8-15(12)21-14-6-5-9-19(11-14)16(20)22-17(2,3)4;3*1-3-4-2;/h8-10,12-15,20H,6-7,11,16-17H2,1-5H3;8-9,13H,5-7,10H2,1-4H3;7,10,14H,5-6,9,11H2,1-4H3;3*1,3-4H2,2H3;/t20-;13-;14-;;;;/m000..../s1. The summed E-state index contributed by atoms with van der Waals surface area (Å²) in [5, 5.41) is 2.08. The third-order valence-corrected chi connectivity index (χ3v) is 35.5. The fourth-order valence-electron chi connectivity index (χ4n) is 12.8. The van der Waals surface area contributed by atoms with E-state index < -0.39 is 35.2 Å². The molecule has 17 nitrogen and oxygen atoms in total. The van der Waals surface area contributed by atoms with Crippen LogP contribution in [-0.4, -0.2) is 140 Å². The number of amides is 3. The van der Waals surface area contributed by atoms with Gasteiger partial charge in [-0.1, -0.05) is 23.2 Å². The van der Waals surface area contributed by atoms with Crippen LogP contribution < -0.4 is 29.0 Å². The minimum absolute atomic E-state index is 0.0117. The second kappa shape index (κ2) is 36.3. The molecule has 3 aliphatic rings. The largest absolute Gasteiger partial charge is 0.488 e. The van der Waals surface area contributed by atoms with Crippen molar-refractivity contribution in [3.05, 3.63) is 129 Å². The zero-order valence-electron chi connectivity index (χ0n) is 61.2. The van der Waals surface area contributed by atoms with Crippen LogP contribution in [0.2, 0.25) is 28.4 Å². The summed E-state index contributed by atoms with van der Waals surface area (Å²) < 4.78 is 46.2. The number of pyridine rings is 1. The second-order valence-corrected chi connectivity index (χ2v) is 46.1. The molecule has 0 N–H and O–H groups in total. The molecular formula is C76H106BrCl3N6O11SSn. The Kier molecular flexibility index (Phi) is 29.7. The second-order valence-electron chi connectivity index (χ2n) is 29.7. The summed E-state index contributed by atoms with van der Waals surface area (Å²) in [6, 6.07) is 17.0. The molecule has 0 saturated carbocycles. The molecule has 3 saturated heterocycles. The molecule has 99 heavy (non-hydrogen) atoms. The number of halogens is 4. The van der Waals surface area contributed by atoms with E-state index in [9.17, 15) is 24.0 Å². The van der Waals surface area contributed by atoms with E-state index in [0.29, 0.717) is 48.5 Å². The van der Waals surface area contributed by atoms with E-state index >= 15 is 0 Å². The monoisotopic (exact) mass is 1610 g/mol. The minimum Gasteiger partial charge on any atom is -0.488 e. The van der Waals surface area contributed by atoms with Crippen molar-refractivity contribution in [1.82, 2.24) is 28.8 Å². The van der Waals surface area contributed by atoms with Crippen LogP contribution in [0.1, 0.15) is 182 Å². The van der Waals surface area contributed by atoms with E-state index in [1.807, 2.05) is 117 Å². The van der Waals surface area contributed by atoms with Crippen molar-refractivity contribution >= 4 is 113 Å². The number of carbonyl (C=O) groups is 3. The van der Waals surface area contributed by atoms with E-state index in [4.69, 9.17) is 63.2 Å². The first-order valence-corrected chi connectivity index (χ1v) is 45.5. The Bertz CT molecular complexity index is 3820. The number of ether oxygens (including phenoxy) is 6. The molecular weight excluding hydrogens is 1510 g/mol. The van der Waals surface area contributed by atoms with Crippen molar-refractivity contribution in [1.29, 1.82) is 0 Å². The first-order chi connectivity index (χ1) is 46.6. The molecule has 3 aromatic carbocycles.